The normalized spacial score (nSPS) is 18.2. The molecule has 4 heteroatoms. The van der Waals surface area contributed by atoms with Crippen molar-refractivity contribution < 1.29 is 4.39 Å². The largest absolute Gasteiger partial charge is 0.370 e. The van der Waals surface area contributed by atoms with Crippen molar-refractivity contribution in [2.24, 2.45) is 0 Å². The smallest absolute Gasteiger partial charge is 0.129 e. The number of nitrogens with zero attached hydrogens (tertiary/aromatic N) is 2. The second-order valence-corrected chi connectivity index (χ2v) is 4.78. The third kappa shape index (κ3) is 2.90. The molecule has 0 saturated carbocycles. The van der Waals surface area contributed by atoms with Crippen LogP contribution >= 0.6 is 11.6 Å². The highest BCUT2D eigenvalue weighted by Gasteiger charge is 2.16. The summed E-state index contributed by atoms with van der Waals surface area (Å²) in [5.41, 5.74) is 1.58. The van der Waals surface area contributed by atoms with E-state index < -0.39 is 0 Å². The maximum absolute atomic E-state index is 13.7. The summed E-state index contributed by atoms with van der Waals surface area (Å²) >= 11 is 5.85. The van der Waals surface area contributed by atoms with Crippen LogP contribution in [0.5, 0.6) is 0 Å². The van der Waals surface area contributed by atoms with Crippen LogP contribution in [0.4, 0.5) is 10.1 Å². The first-order valence-electron chi connectivity index (χ1n) is 5.99. The van der Waals surface area contributed by atoms with Gasteiger partial charge in [-0.2, -0.15) is 0 Å². The maximum Gasteiger partial charge on any atom is 0.129 e. The lowest BCUT2D eigenvalue weighted by Crippen LogP contribution is -2.29. The van der Waals surface area contributed by atoms with Crippen LogP contribution < -0.4 is 4.90 Å². The topological polar surface area (TPSA) is 6.48 Å². The zero-order valence-corrected chi connectivity index (χ0v) is 10.9. The number of alkyl halides is 1. The number of halogens is 2. The van der Waals surface area contributed by atoms with E-state index in [1.807, 2.05) is 6.07 Å². The van der Waals surface area contributed by atoms with Crippen LogP contribution in [0.2, 0.25) is 0 Å². The van der Waals surface area contributed by atoms with Crippen LogP contribution in [0.3, 0.4) is 0 Å². The molecule has 1 aliphatic heterocycles. The van der Waals surface area contributed by atoms with E-state index in [1.54, 1.807) is 6.07 Å². The van der Waals surface area contributed by atoms with Crippen LogP contribution in [-0.2, 0) is 5.88 Å². The molecule has 1 fully saturated rings. The highest BCUT2D eigenvalue weighted by molar-refractivity contribution is 6.17. The summed E-state index contributed by atoms with van der Waals surface area (Å²) in [5.74, 6) is 0.0315. The molecule has 1 aliphatic rings. The lowest BCUT2D eigenvalue weighted by molar-refractivity contribution is 0.360. The average molecular weight is 257 g/mol. The van der Waals surface area contributed by atoms with E-state index in [0.717, 1.165) is 38.3 Å². The van der Waals surface area contributed by atoms with Crippen molar-refractivity contribution >= 4 is 17.3 Å². The van der Waals surface area contributed by atoms with Crippen molar-refractivity contribution in [1.29, 1.82) is 0 Å². The molecule has 2 rings (SSSR count). The predicted molar refractivity (Wildman–Crippen MR) is 70.3 cm³/mol. The van der Waals surface area contributed by atoms with Gasteiger partial charge in [-0.15, -0.1) is 11.6 Å². The van der Waals surface area contributed by atoms with Crippen molar-refractivity contribution in [3.63, 3.8) is 0 Å². The zero-order chi connectivity index (χ0) is 12.3. The summed E-state index contributed by atoms with van der Waals surface area (Å²) in [6.45, 7) is 4.02. The Morgan fingerprint density at radius 1 is 1.24 bits per heavy atom. The van der Waals surface area contributed by atoms with Crippen molar-refractivity contribution in [3.05, 3.63) is 29.6 Å². The third-order valence-electron chi connectivity index (χ3n) is 3.29. The molecule has 0 spiro atoms. The van der Waals surface area contributed by atoms with Gasteiger partial charge in [0.05, 0.1) is 5.88 Å². The molecule has 0 radical (unpaired) electrons. The van der Waals surface area contributed by atoms with E-state index >= 15 is 0 Å². The molecule has 0 unspecified atom stereocenters. The van der Waals surface area contributed by atoms with Gasteiger partial charge in [0.2, 0.25) is 0 Å². The van der Waals surface area contributed by atoms with Gasteiger partial charge in [0.25, 0.3) is 0 Å². The van der Waals surface area contributed by atoms with Crippen LogP contribution in [0.15, 0.2) is 18.2 Å². The van der Waals surface area contributed by atoms with Gasteiger partial charge < -0.3 is 9.80 Å². The predicted octanol–water partition coefficient (Wildman–Crippen LogP) is 2.71. The summed E-state index contributed by atoms with van der Waals surface area (Å²) in [6, 6.07) is 5.20. The fourth-order valence-electron chi connectivity index (χ4n) is 2.26. The molecule has 0 bridgehead atoms. The van der Waals surface area contributed by atoms with Gasteiger partial charge in [-0.25, -0.2) is 4.39 Å². The molecule has 0 amide bonds. The standard InChI is InChI=1S/C13H18ClFN2/c1-16-6-3-7-17(9-8-16)13-5-2-4-12(15)11(13)10-14/h2,4-5H,3,6-10H2,1H3. The number of hydrogen-bond donors (Lipinski definition) is 0. The third-order valence-corrected chi connectivity index (χ3v) is 3.56. The Morgan fingerprint density at radius 3 is 2.82 bits per heavy atom. The number of anilines is 1. The number of hydrogen-bond acceptors (Lipinski definition) is 2. The van der Waals surface area contributed by atoms with E-state index in [1.165, 1.54) is 6.07 Å². The second-order valence-electron chi connectivity index (χ2n) is 4.52. The van der Waals surface area contributed by atoms with E-state index in [9.17, 15) is 4.39 Å². The maximum atomic E-state index is 13.7. The van der Waals surface area contributed by atoms with Crippen LogP contribution in [0.25, 0.3) is 0 Å². The summed E-state index contributed by atoms with van der Waals surface area (Å²) in [5, 5.41) is 0. The molecule has 94 valence electrons. The zero-order valence-electron chi connectivity index (χ0n) is 10.1. The van der Waals surface area contributed by atoms with E-state index in [0.29, 0.717) is 5.56 Å². The minimum atomic E-state index is -0.199. The molecule has 0 atom stereocenters. The monoisotopic (exact) mass is 256 g/mol. The van der Waals surface area contributed by atoms with Gasteiger partial charge in [0.15, 0.2) is 0 Å². The van der Waals surface area contributed by atoms with Crippen molar-refractivity contribution in [2.45, 2.75) is 12.3 Å². The molecule has 0 aromatic heterocycles. The molecule has 1 aromatic carbocycles. The highest BCUT2D eigenvalue weighted by Crippen LogP contribution is 2.25. The summed E-state index contributed by atoms with van der Waals surface area (Å²) in [4.78, 5) is 4.55. The molecular weight excluding hydrogens is 239 g/mol. The van der Waals surface area contributed by atoms with Gasteiger partial charge in [0, 0.05) is 30.9 Å². The quantitative estimate of drug-likeness (QED) is 0.751. The van der Waals surface area contributed by atoms with Crippen LogP contribution in [0, 0.1) is 5.82 Å². The number of rotatable bonds is 2. The lowest BCUT2D eigenvalue weighted by Gasteiger charge is -2.25. The van der Waals surface area contributed by atoms with Gasteiger partial charge >= 0.3 is 0 Å². The second kappa shape index (κ2) is 5.69. The Labute approximate surface area is 107 Å². The Balaban J connectivity index is 2.23. The first-order valence-corrected chi connectivity index (χ1v) is 6.52. The summed E-state index contributed by atoms with van der Waals surface area (Å²) in [6.07, 6.45) is 1.11. The molecular formula is C13H18ClFN2. The first-order chi connectivity index (χ1) is 8.22. The van der Waals surface area contributed by atoms with E-state index in [-0.39, 0.29) is 11.7 Å². The molecule has 2 nitrogen and oxygen atoms in total. The average Bonchev–Trinajstić information content (AvgIpc) is 2.54. The number of benzene rings is 1. The van der Waals surface area contributed by atoms with E-state index in [4.69, 9.17) is 11.6 Å². The van der Waals surface area contributed by atoms with Gasteiger partial charge in [-0.1, -0.05) is 6.07 Å². The number of likely N-dealkylation sites (N-methyl/N-ethyl adjacent to an activating group) is 1. The van der Waals surface area contributed by atoms with Crippen molar-refractivity contribution in [1.82, 2.24) is 4.90 Å². The first kappa shape index (κ1) is 12.7. The summed E-state index contributed by atoms with van der Waals surface area (Å²) in [7, 11) is 2.12. The molecule has 1 saturated heterocycles. The molecule has 1 aromatic rings. The van der Waals surface area contributed by atoms with Crippen molar-refractivity contribution in [3.8, 4) is 0 Å². The van der Waals surface area contributed by atoms with E-state index in [2.05, 4.69) is 16.8 Å². The highest BCUT2D eigenvalue weighted by atomic mass is 35.5. The molecule has 0 N–H and O–H groups in total. The summed E-state index contributed by atoms with van der Waals surface area (Å²) < 4.78 is 13.7. The Hall–Kier alpha value is -0.800. The fraction of sp³-hybridized carbons (Fsp3) is 0.538. The Kier molecular flexibility index (Phi) is 4.24. The van der Waals surface area contributed by atoms with Gasteiger partial charge in [-0.05, 0) is 32.1 Å². The lowest BCUT2D eigenvalue weighted by atomic mass is 10.1. The Bertz CT molecular complexity index is 384. The fourth-order valence-corrected chi connectivity index (χ4v) is 2.53. The van der Waals surface area contributed by atoms with Gasteiger partial charge in [0.1, 0.15) is 5.82 Å². The SMILES string of the molecule is CN1CCCN(c2cccc(F)c2CCl)CC1. The molecule has 0 aliphatic carbocycles. The van der Waals surface area contributed by atoms with Crippen molar-refractivity contribution in [2.75, 3.05) is 38.1 Å². The molecule has 1 heterocycles. The molecule has 17 heavy (non-hydrogen) atoms. The minimum absolute atomic E-state index is 0.199. The van der Waals surface area contributed by atoms with Crippen LogP contribution in [-0.4, -0.2) is 38.1 Å². The van der Waals surface area contributed by atoms with Crippen LogP contribution in [0.1, 0.15) is 12.0 Å². The minimum Gasteiger partial charge on any atom is -0.370 e. The van der Waals surface area contributed by atoms with Gasteiger partial charge in [-0.3, -0.25) is 0 Å². The Morgan fingerprint density at radius 2 is 2.06 bits per heavy atom.